The van der Waals surface area contributed by atoms with Crippen molar-refractivity contribution in [2.75, 3.05) is 27.2 Å². The lowest BCUT2D eigenvalue weighted by Crippen LogP contribution is -2.46. The molecule has 0 aliphatic carbocycles. The predicted octanol–water partition coefficient (Wildman–Crippen LogP) is 6.87. The highest BCUT2D eigenvalue weighted by molar-refractivity contribution is 5.68. The number of alkyl carbamates (subject to hydrolysis) is 1. The number of nitrogens with zero attached hydrogens (tertiary/aromatic N) is 1. The third-order valence-corrected chi connectivity index (χ3v) is 5.39. The minimum Gasteiger partial charge on any atom is -0.448 e. The van der Waals surface area contributed by atoms with Gasteiger partial charge >= 0.3 is 6.09 Å². The van der Waals surface area contributed by atoms with Crippen LogP contribution in [0.1, 0.15) is 97.8 Å². The second-order valence-corrected chi connectivity index (χ2v) is 8.61. The van der Waals surface area contributed by atoms with E-state index >= 15 is 0 Å². The summed E-state index contributed by atoms with van der Waals surface area (Å²) in [4.78, 5) is 14.0. The average molecular weight is 409 g/mol. The van der Waals surface area contributed by atoms with Crippen LogP contribution < -0.4 is 5.32 Å². The SMILES string of the molecule is CCCCC/C=C\C/C=C\CCCCCCC(C)(CC)NC(=O)OCCN(C)C. The Bertz CT molecular complexity index is 446. The molecule has 0 spiro atoms. The third-order valence-electron chi connectivity index (χ3n) is 5.39. The number of unbranched alkanes of at least 4 members (excludes halogenated alkanes) is 7. The van der Waals surface area contributed by atoms with Gasteiger partial charge in [-0.2, -0.15) is 0 Å². The summed E-state index contributed by atoms with van der Waals surface area (Å²) >= 11 is 0. The number of rotatable bonds is 18. The largest absolute Gasteiger partial charge is 0.448 e. The van der Waals surface area contributed by atoms with Gasteiger partial charge in [0.05, 0.1) is 0 Å². The number of amides is 1. The molecule has 4 nitrogen and oxygen atoms in total. The second-order valence-electron chi connectivity index (χ2n) is 8.61. The van der Waals surface area contributed by atoms with E-state index in [1.54, 1.807) is 0 Å². The molecular weight excluding hydrogens is 360 g/mol. The van der Waals surface area contributed by atoms with Crippen LogP contribution >= 0.6 is 0 Å². The monoisotopic (exact) mass is 408 g/mol. The highest BCUT2D eigenvalue weighted by Gasteiger charge is 2.24. The van der Waals surface area contributed by atoms with Crippen LogP contribution in [-0.4, -0.2) is 43.8 Å². The van der Waals surface area contributed by atoms with Crippen molar-refractivity contribution in [2.24, 2.45) is 0 Å². The number of carbonyl (C=O) groups excluding carboxylic acids is 1. The van der Waals surface area contributed by atoms with Crippen molar-refractivity contribution in [3.05, 3.63) is 24.3 Å². The number of allylic oxidation sites excluding steroid dienone is 4. The molecule has 4 heteroatoms. The van der Waals surface area contributed by atoms with Gasteiger partial charge in [0.15, 0.2) is 0 Å². The van der Waals surface area contributed by atoms with Gasteiger partial charge in [0.1, 0.15) is 6.61 Å². The Morgan fingerprint density at radius 2 is 1.55 bits per heavy atom. The van der Waals surface area contributed by atoms with E-state index < -0.39 is 0 Å². The van der Waals surface area contributed by atoms with Crippen molar-refractivity contribution >= 4 is 6.09 Å². The molecule has 29 heavy (non-hydrogen) atoms. The van der Waals surface area contributed by atoms with Gasteiger partial charge in [0.2, 0.25) is 0 Å². The van der Waals surface area contributed by atoms with Crippen molar-refractivity contribution in [1.82, 2.24) is 10.2 Å². The maximum Gasteiger partial charge on any atom is 0.407 e. The fraction of sp³-hybridized carbons (Fsp3) is 0.800. The zero-order valence-corrected chi connectivity index (χ0v) is 20.0. The van der Waals surface area contributed by atoms with Gasteiger partial charge in [0, 0.05) is 12.1 Å². The zero-order chi connectivity index (χ0) is 21.8. The summed E-state index contributed by atoms with van der Waals surface area (Å²) in [6, 6.07) is 0. The van der Waals surface area contributed by atoms with Crippen molar-refractivity contribution < 1.29 is 9.53 Å². The Hall–Kier alpha value is -1.29. The smallest absolute Gasteiger partial charge is 0.407 e. The van der Waals surface area contributed by atoms with Gasteiger partial charge < -0.3 is 15.0 Å². The van der Waals surface area contributed by atoms with E-state index in [4.69, 9.17) is 4.74 Å². The summed E-state index contributed by atoms with van der Waals surface area (Å²) in [5, 5.41) is 3.07. The van der Waals surface area contributed by atoms with Crippen molar-refractivity contribution in [2.45, 2.75) is 103 Å². The molecule has 0 aliphatic heterocycles. The summed E-state index contributed by atoms with van der Waals surface area (Å²) < 4.78 is 5.27. The van der Waals surface area contributed by atoms with Crippen molar-refractivity contribution in [1.29, 1.82) is 0 Å². The van der Waals surface area contributed by atoms with Crippen LogP contribution in [0.2, 0.25) is 0 Å². The Morgan fingerprint density at radius 1 is 0.931 bits per heavy atom. The molecule has 0 fully saturated rings. The first-order valence-corrected chi connectivity index (χ1v) is 11.8. The molecule has 1 N–H and O–H groups in total. The molecule has 0 bridgehead atoms. The topological polar surface area (TPSA) is 41.6 Å². The van der Waals surface area contributed by atoms with Crippen LogP contribution in [-0.2, 0) is 4.74 Å². The second kappa shape index (κ2) is 18.7. The minimum absolute atomic E-state index is 0.168. The summed E-state index contributed by atoms with van der Waals surface area (Å²) in [5.74, 6) is 0. The Kier molecular flexibility index (Phi) is 17.9. The Labute approximate surface area is 181 Å². The molecule has 1 atom stereocenters. The van der Waals surface area contributed by atoms with E-state index in [2.05, 4.69) is 50.4 Å². The van der Waals surface area contributed by atoms with Crippen LogP contribution in [0.15, 0.2) is 24.3 Å². The molecule has 0 heterocycles. The Balaban J connectivity index is 3.74. The molecule has 1 unspecified atom stereocenters. The number of likely N-dealkylation sites (N-methyl/N-ethyl adjacent to an activating group) is 1. The lowest BCUT2D eigenvalue weighted by Gasteiger charge is -2.29. The average Bonchev–Trinajstić information content (AvgIpc) is 2.68. The minimum atomic E-state index is -0.291. The zero-order valence-electron chi connectivity index (χ0n) is 20.0. The molecule has 0 aromatic carbocycles. The molecule has 170 valence electrons. The summed E-state index contributed by atoms with van der Waals surface area (Å²) in [7, 11) is 3.94. The lowest BCUT2D eigenvalue weighted by molar-refractivity contribution is 0.123. The fourth-order valence-corrected chi connectivity index (χ4v) is 3.08. The normalized spacial score (nSPS) is 14.0. The van der Waals surface area contributed by atoms with E-state index in [1.165, 1.54) is 51.4 Å². The maximum absolute atomic E-state index is 12.0. The number of ether oxygens (including phenoxy) is 1. The highest BCUT2D eigenvalue weighted by atomic mass is 16.5. The molecule has 0 saturated carbocycles. The van der Waals surface area contributed by atoms with Crippen molar-refractivity contribution in [3.63, 3.8) is 0 Å². The Morgan fingerprint density at radius 3 is 2.14 bits per heavy atom. The molecule has 1 amide bonds. The number of hydrogen-bond donors (Lipinski definition) is 1. The van der Waals surface area contributed by atoms with E-state index in [0.29, 0.717) is 6.61 Å². The lowest BCUT2D eigenvalue weighted by atomic mass is 9.91. The van der Waals surface area contributed by atoms with Crippen LogP contribution in [0.5, 0.6) is 0 Å². The summed E-state index contributed by atoms with van der Waals surface area (Å²) in [6.07, 6.45) is 23.1. The molecule has 0 radical (unpaired) electrons. The molecular formula is C25H48N2O2. The number of nitrogens with one attached hydrogen (secondary N) is 1. The van der Waals surface area contributed by atoms with Gasteiger partial charge in [-0.1, -0.05) is 70.3 Å². The van der Waals surface area contributed by atoms with Gasteiger partial charge in [0.25, 0.3) is 0 Å². The third kappa shape index (κ3) is 18.5. The summed E-state index contributed by atoms with van der Waals surface area (Å²) in [6.45, 7) is 7.68. The van der Waals surface area contributed by atoms with E-state index in [9.17, 15) is 4.79 Å². The fourth-order valence-electron chi connectivity index (χ4n) is 3.08. The van der Waals surface area contributed by atoms with E-state index in [-0.39, 0.29) is 11.6 Å². The van der Waals surface area contributed by atoms with Gasteiger partial charge in [-0.15, -0.1) is 0 Å². The standard InChI is InChI=1S/C25H48N2O2/c1-6-8-9-10-11-12-13-14-15-16-17-18-19-20-21-25(3,7-2)26-24(28)29-23-22-27(4)5/h11-12,14-15H,6-10,13,16-23H2,1-5H3,(H,26,28)/b12-11-,15-14-. The van der Waals surface area contributed by atoms with Gasteiger partial charge in [-0.3, -0.25) is 0 Å². The van der Waals surface area contributed by atoms with Gasteiger partial charge in [-0.05, 0) is 66.0 Å². The quantitative estimate of drug-likeness (QED) is 0.199. The predicted molar refractivity (Wildman–Crippen MR) is 126 cm³/mol. The van der Waals surface area contributed by atoms with E-state index in [0.717, 1.165) is 32.2 Å². The number of hydrogen-bond acceptors (Lipinski definition) is 3. The van der Waals surface area contributed by atoms with Crippen LogP contribution in [0.4, 0.5) is 4.79 Å². The molecule has 0 rings (SSSR count). The maximum atomic E-state index is 12.0. The first kappa shape index (κ1) is 27.7. The van der Waals surface area contributed by atoms with Crippen molar-refractivity contribution in [3.8, 4) is 0 Å². The van der Waals surface area contributed by atoms with Crippen LogP contribution in [0, 0.1) is 0 Å². The molecule has 0 aromatic rings. The van der Waals surface area contributed by atoms with Crippen LogP contribution in [0.3, 0.4) is 0 Å². The van der Waals surface area contributed by atoms with E-state index in [1.807, 2.05) is 19.0 Å². The number of carbonyl (C=O) groups is 1. The highest BCUT2D eigenvalue weighted by Crippen LogP contribution is 2.19. The first-order valence-electron chi connectivity index (χ1n) is 11.8. The van der Waals surface area contributed by atoms with Crippen LogP contribution in [0.25, 0.3) is 0 Å². The van der Waals surface area contributed by atoms with Gasteiger partial charge in [-0.25, -0.2) is 4.79 Å². The first-order chi connectivity index (χ1) is 13.9. The molecule has 0 aromatic heterocycles. The molecule has 0 saturated heterocycles. The summed E-state index contributed by atoms with van der Waals surface area (Å²) in [5.41, 5.74) is -0.168. The molecule has 0 aliphatic rings.